The second-order valence-corrected chi connectivity index (χ2v) is 8.84. The van der Waals surface area contributed by atoms with E-state index in [9.17, 15) is 19.6 Å². The number of methoxy groups -OCH3 is 1. The summed E-state index contributed by atoms with van der Waals surface area (Å²) < 4.78 is 11.6. The molecule has 9 nitrogen and oxygen atoms in total. The number of nitrogens with zero attached hydrogens (tertiary/aromatic N) is 3. The minimum atomic E-state index is -1.02. The summed E-state index contributed by atoms with van der Waals surface area (Å²) in [5.74, 6) is -0.509. The van der Waals surface area contributed by atoms with Gasteiger partial charge in [-0.1, -0.05) is 25.6 Å². The lowest BCUT2D eigenvalue weighted by molar-refractivity contribution is -0.120. The Hall–Kier alpha value is -3.58. The van der Waals surface area contributed by atoms with E-state index in [0.29, 0.717) is 16.7 Å². The third-order valence-corrected chi connectivity index (χ3v) is 6.33. The van der Waals surface area contributed by atoms with E-state index in [-0.39, 0.29) is 40.4 Å². The average molecular weight is 469 g/mol. The second kappa shape index (κ2) is 9.92. The Labute approximate surface area is 194 Å². The maximum atomic E-state index is 13.2. The van der Waals surface area contributed by atoms with Crippen molar-refractivity contribution < 1.29 is 18.7 Å². The van der Waals surface area contributed by atoms with Gasteiger partial charge in [0, 0.05) is 0 Å². The van der Waals surface area contributed by atoms with Crippen molar-refractivity contribution in [2.45, 2.75) is 38.0 Å². The molecule has 1 amide bonds. The van der Waals surface area contributed by atoms with E-state index in [1.165, 1.54) is 36.1 Å². The molecular formula is C23H24N4O5S. The predicted molar refractivity (Wildman–Crippen MR) is 123 cm³/mol. The van der Waals surface area contributed by atoms with Gasteiger partial charge in [-0.2, -0.15) is 5.26 Å². The summed E-state index contributed by atoms with van der Waals surface area (Å²) in [4.78, 5) is 42.3. The number of carbonyl (C=O) groups is 2. The molecule has 0 spiro atoms. The molecule has 3 rings (SSSR count). The van der Waals surface area contributed by atoms with Crippen LogP contribution in [-0.2, 0) is 16.1 Å². The fourth-order valence-electron chi connectivity index (χ4n) is 3.01. The SMILES string of the molecule is COC(=O)c1ccc2c(=O)n(Cc3ccco3)c(SCC(=O)NC(C)(C#N)C(C)C)nc2c1. The highest BCUT2D eigenvalue weighted by Crippen LogP contribution is 2.21. The molecule has 0 aliphatic rings. The molecule has 0 bridgehead atoms. The van der Waals surface area contributed by atoms with Crippen molar-refractivity contribution >= 4 is 34.5 Å². The number of nitriles is 1. The Kier molecular flexibility index (Phi) is 7.23. The summed E-state index contributed by atoms with van der Waals surface area (Å²) >= 11 is 1.06. The molecule has 0 saturated heterocycles. The van der Waals surface area contributed by atoms with Crippen LogP contribution in [0, 0.1) is 17.2 Å². The van der Waals surface area contributed by atoms with Crippen LogP contribution in [0.5, 0.6) is 0 Å². The quantitative estimate of drug-likeness (QED) is 0.304. The Morgan fingerprint density at radius 3 is 2.73 bits per heavy atom. The van der Waals surface area contributed by atoms with Gasteiger partial charge in [0.1, 0.15) is 11.3 Å². The first kappa shape index (κ1) is 24.1. The van der Waals surface area contributed by atoms with Crippen LogP contribution in [0.25, 0.3) is 10.9 Å². The van der Waals surface area contributed by atoms with Gasteiger partial charge in [-0.3, -0.25) is 14.2 Å². The van der Waals surface area contributed by atoms with Gasteiger partial charge in [0.15, 0.2) is 5.16 Å². The van der Waals surface area contributed by atoms with Crippen molar-refractivity contribution in [1.29, 1.82) is 5.26 Å². The third kappa shape index (κ3) is 5.26. The highest BCUT2D eigenvalue weighted by molar-refractivity contribution is 7.99. The maximum Gasteiger partial charge on any atom is 0.337 e. The molecule has 2 aromatic heterocycles. The summed E-state index contributed by atoms with van der Waals surface area (Å²) in [6.45, 7) is 5.48. The number of aromatic nitrogens is 2. The van der Waals surface area contributed by atoms with E-state index in [4.69, 9.17) is 9.15 Å². The van der Waals surface area contributed by atoms with Gasteiger partial charge in [0.05, 0.1) is 48.2 Å². The van der Waals surface area contributed by atoms with Crippen molar-refractivity contribution in [3.63, 3.8) is 0 Å². The smallest absolute Gasteiger partial charge is 0.337 e. The lowest BCUT2D eigenvalue weighted by Crippen LogP contribution is -2.49. The molecule has 3 aromatic rings. The van der Waals surface area contributed by atoms with Gasteiger partial charge in [-0.25, -0.2) is 9.78 Å². The number of ether oxygens (including phenoxy) is 1. The molecule has 1 unspecified atom stereocenters. The second-order valence-electron chi connectivity index (χ2n) is 7.89. The van der Waals surface area contributed by atoms with Crippen LogP contribution < -0.4 is 10.9 Å². The van der Waals surface area contributed by atoms with Crippen molar-refractivity contribution in [2.24, 2.45) is 5.92 Å². The zero-order chi connectivity index (χ0) is 24.2. The van der Waals surface area contributed by atoms with E-state index in [1.807, 2.05) is 13.8 Å². The fourth-order valence-corrected chi connectivity index (χ4v) is 3.81. The Bertz CT molecular complexity index is 1280. The summed E-state index contributed by atoms with van der Waals surface area (Å²) in [6.07, 6.45) is 1.51. The first-order chi connectivity index (χ1) is 15.7. The van der Waals surface area contributed by atoms with Gasteiger partial charge in [0.2, 0.25) is 5.91 Å². The molecule has 2 heterocycles. The van der Waals surface area contributed by atoms with Crippen molar-refractivity contribution in [2.75, 3.05) is 12.9 Å². The number of esters is 1. The highest BCUT2D eigenvalue weighted by Gasteiger charge is 2.30. The van der Waals surface area contributed by atoms with Crippen LogP contribution in [0.2, 0.25) is 0 Å². The average Bonchev–Trinajstić information content (AvgIpc) is 3.32. The molecular weight excluding hydrogens is 444 g/mol. The predicted octanol–water partition coefficient (Wildman–Crippen LogP) is 2.97. The third-order valence-electron chi connectivity index (χ3n) is 5.35. The fraction of sp³-hybridized carbons (Fsp3) is 0.348. The molecule has 1 aromatic carbocycles. The number of hydrogen-bond donors (Lipinski definition) is 1. The zero-order valence-corrected chi connectivity index (χ0v) is 19.6. The van der Waals surface area contributed by atoms with Gasteiger partial charge in [-0.15, -0.1) is 0 Å². The van der Waals surface area contributed by atoms with Crippen LogP contribution in [0.15, 0.2) is 51.0 Å². The lowest BCUT2D eigenvalue weighted by Gasteiger charge is -2.27. The highest BCUT2D eigenvalue weighted by atomic mass is 32.2. The minimum Gasteiger partial charge on any atom is -0.467 e. The number of hydrogen-bond acceptors (Lipinski definition) is 8. The molecule has 172 valence electrons. The van der Waals surface area contributed by atoms with Crippen LogP contribution in [0.1, 0.15) is 36.9 Å². The number of benzene rings is 1. The number of carbonyl (C=O) groups excluding carboxylic acids is 2. The summed E-state index contributed by atoms with van der Waals surface area (Å²) in [5, 5.41) is 12.8. The van der Waals surface area contributed by atoms with Crippen LogP contribution in [-0.4, -0.2) is 39.8 Å². The van der Waals surface area contributed by atoms with E-state index in [1.54, 1.807) is 19.1 Å². The van der Waals surface area contributed by atoms with Gasteiger partial charge in [0.25, 0.3) is 5.56 Å². The largest absolute Gasteiger partial charge is 0.467 e. The minimum absolute atomic E-state index is 0.0587. The first-order valence-corrected chi connectivity index (χ1v) is 11.2. The van der Waals surface area contributed by atoms with Crippen LogP contribution in [0.4, 0.5) is 0 Å². The van der Waals surface area contributed by atoms with E-state index < -0.39 is 11.5 Å². The molecule has 0 fully saturated rings. The van der Waals surface area contributed by atoms with Crippen molar-refractivity contribution in [1.82, 2.24) is 14.9 Å². The molecule has 1 N–H and O–H groups in total. The number of nitrogens with one attached hydrogen (secondary N) is 1. The standard InChI is InChI=1S/C23H24N4O5S/c1-14(2)23(3,13-24)26-19(28)12-33-22-25-18-10-15(21(30)31-4)7-8-17(18)20(29)27(22)11-16-6-5-9-32-16/h5-10,14H,11-12H2,1-4H3,(H,26,28). The topological polar surface area (TPSA) is 127 Å². The number of amides is 1. The summed E-state index contributed by atoms with van der Waals surface area (Å²) in [7, 11) is 1.27. The van der Waals surface area contributed by atoms with Crippen LogP contribution in [0.3, 0.4) is 0 Å². The lowest BCUT2D eigenvalue weighted by atomic mass is 9.90. The summed E-state index contributed by atoms with van der Waals surface area (Å²) in [6, 6.07) is 10.1. The van der Waals surface area contributed by atoms with Crippen LogP contribution >= 0.6 is 11.8 Å². The number of thioether (sulfide) groups is 1. The molecule has 1 atom stereocenters. The Balaban J connectivity index is 1.98. The Morgan fingerprint density at radius 1 is 1.36 bits per heavy atom. The van der Waals surface area contributed by atoms with E-state index in [2.05, 4.69) is 16.4 Å². The van der Waals surface area contributed by atoms with Crippen molar-refractivity contribution in [3.05, 3.63) is 58.3 Å². The molecule has 0 saturated carbocycles. The van der Waals surface area contributed by atoms with E-state index in [0.717, 1.165) is 11.8 Å². The zero-order valence-electron chi connectivity index (χ0n) is 18.7. The number of furan rings is 1. The molecule has 33 heavy (non-hydrogen) atoms. The van der Waals surface area contributed by atoms with E-state index >= 15 is 0 Å². The molecule has 10 heteroatoms. The summed E-state index contributed by atoms with van der Waals surface area (Å²) in [5.41, 5.74) is -0.779. The van der Waals surface area contributed by atoms with Gasteiger partial charge < -0.3 is 14.5 Å². The molecule has 0 radical (unpaired) electrons. The Morgan fingerprint density at radius 2 is 2.12 bits per heavy atom. The van der Waals surface area contributed by atoms with Gasteiger partial charge in [-0.05, 0) is 43.2 Å². The maximum absolute atomic E-state index is 13.2. The number of fused-ring (bicyclic) bond motifs is 1. The molecule has 0 aliphatic carbocycles. The number of rotatable bonds is 8. The normalized spacial score (nSPS) is 12.8. The first-order valence-electron chi connectivity index (χ1n) is 10.2. The molecule has 0 aliphatic heterocycles. The van der Waals surface area contributed by atoms with Crippen molar-refractivity contribution in [3.8, 4) is 6.07 Å². The monoisotopic (exact) mass is 468 g/mol. The van der Waals surface area contributed by atoms with Gasteiger partial charge >= 0.3 is 5.97 Å².